The van der Waals surface area contributed by atoms with Gasteiger partial charge < -0.3 is 10.1 Å². The molecule has 0 atom stereocenters. The van der Waals surface area contributed by atoms with E-state index in [1.807, 2.05) is 0 Å². The molecule has 4 nitrogen and oxygen atoms in total. The molecule has 0 aliphatic heterocycles. The van der Waals surface area contributed by atoms with Gasteiger partial charge in [0.2, 0.25) is 0 Å². The number of carbonyl (C=O) groups is 2. The van der Waals surface area contributed by atoms with Crippen LogP contribution in [0.1, 0.15) is 10.4 Å². The van der Waals surface area contributed by atoms with Crippen LogP contribution in [0, 0.1) is 12.3 Å². The summed E-state index contributed by atoms with van der Waals surface area (Å²) < 4.78 is 4.76. The van der Waals surface area contributed by atoms with E-state index in [0.717, 1.165) is 0 Å². The van der Waals surface area contributed by atoms with Crippen molar-refractivity contribution >= 4 is 35.1 Å². The lowest BCUT2D eigenvalue weighted by Gasteiger charge is -2.05. The molecule has 0 fully saturated rings. The zero-order chi connectivity index (χ0) is 13.5. The average molecular weight is 286 g/mol. The van der Waals surface area contributed by atoms with Gasteiger partial charge in [-0.25, -0.2) is 4.79 Å². The van der Waals surface area contributed by atoms with Crippen molar-refractivity contribution in [3.8, 4) is 12.3 Å². The number of ether oxygens (including phenoxy) is 1. The van der Waals surface area contributed by atoms with Gasteiger partial charge in [-0.3, -0.25) is 4.79 Å². The highest BCUT2D eigenvalue weighted by Gasteiger charge is 2.11. The van der Waals surface area contributed by atoms with Crippen LogP contribution < -0.4 is 5.32 Å². The lowest BCUT2D eigenvalue weighted by atomic mass is 10.2. The molecule has 6 heteroatoms. The van der Waals surface area contributed by atoms with Gasteiger partial charge in [-0.1, -0.05) is 29.1 Å². The van der Waals surface area contributed by atoms with Crippen LogP contribution >= 0.6 is 23.2 Å². The van der Waals surface area contributed by atoms with Gasteiger partial charge in [-0.05, 0) is 18.2 Å². The number of carbonyl (C=O) groups excluding carboxylic acids is 2. The first-order valence-electron chi connectivity index (χ1n) is 4.86. The van der Waals surface area contributed by atoms with Gasteiger partial charge in [0.25, 0.3) is 5.91 Å². The Bertz CT molecular complexity index is 488. The molecule has 0 aromatic heterocycles. The molecule has 94 valence electrons. The predicted molar refractivity (Wildman–Crippen MR) is 68.6 cm³/mol. The third-order valence-corrected chi connectivity index (χ3v) is 2.26. The molecule has 0 radical (unpaired) electrons. The fourth-order valence-corrected chi connectivity index (χ4v) is 1.61. The van der Waals surface area contributed by atoms with Crippen LogP contribution in [-0.2, 0) is 9.53 Å². The third kappa shape index (κ3) is 4.66. The first kappa shape index (κ1) is 14.4. The number of rotatable bonds is 4. The summed E-state index contributed by atoms with van der Waals surface area (Å²) in [4.78, 5) is 22.7. The zero-order valence-electron chi connectivity index (χ0n) is 9.20. The van der Waals surface area contributed by atoms with Crippen molar-refractivity contribution in [3.05, 3.63) is 33.8 Å². The monoisotopic (exact) mass is 285 g/mol. The number of benzene rings is 1. The summed E-state index contributed by atoms with van der Waals surface area (Å²) in [7, 11) is 0. The summed E-state index contributed by atoms with van der Waals surface area (Å²) >= 11 is 11.5. The van der Waals surface area contributed by atoms with Gasteiger partial charge in [0.15, 0.2) is 6.61 Å². The molecular weight excluding hydrogens is 277 g/mol. The molecule has 0 bridgehead atoms. The van der Waals surface area contributed by atoms with E-state index < -0.39 is 18.5 Å². The summed E-state index contributed by atoms with van der Waals surface area (Å²) in [6, 6.07) is 4.28. The Hall–Kier alpha value is -1.70. The van der Waals surface area contributed by atoms with E-state index in [2.05, 4.69) is 11.2 Å². The van der Waals surface area contributed by atoms with E-state index in [1.54, 1.807) is 0 Å². The second-order valence-electron chi connectivity index (χ2n) is 3.22. The molecule has 1 N–H and O–H groups in total. The highest BCUT2D eigenvalue weighted by Crippen LogP contribution is 2.19. The van der Waals surface area contributed by atoms with Crippen molar-refractivity contribution in [2.75, 3.05) is 13.2 Å². The van der Waals surface area contributed by atoms with Crippen LogP contribution in [0.15, 0.2) is 18.2 Å². The second kappa shape index (κ2) is 6.90. The minimum absolute atomic E-state index is 0.0827. The molecule has 0 saturated carbocycles. The van der Waals surface area contributed by atoms with Crippen molar-refractivity contribution in [3.63, 3.8) is 0 Å². The second-order valence-corrected chi connectivity index (χ2v) is 4.09. The molecule has 0 heterocycles. The topological polar surface area (TPSA) is 55.4 Å². The Morgan fingerprint density at radius 1 is 1.28 bits per heavy atom. The Kier molecular flexibility index (Phi) is 5.50. The minimum atomic E-state index is -0.685. The van der Waals surface area contributed by atoms with Gasteiger partial charge in [0.05, 0.1) is 12.1 Å². The Morgan fingerprint density at radius 2 is 1.89 bits per heavy atom. The number of halogens is 2. The fourth-order valence-electron chi connectivity index (χ4n) is 1.09. The van der Waals surface area contributed by atoms with Gasteiger partial charge in [0.1, 0.15) is 0 Å². The van der Waals surface area contributed by atoms with Crippen LogP contribution in [0.2, 0.25) is 10.0 Å². The SMILES string of the molecule is C#CCNC(=O)COC(=O)c1cc(Cl)cc(Cl)c1. The van der Waals surface area contributed by atoms with Crippen LogP contribution in [0.3, 0.4) is 0 Å². The van der Waals surface area contributed by atoms with Crippen molar-refractivity contribution in [1.82, 2.24) is 5.32 Å². The molecule has 0 unspecified atom stereocenters. The fraction of sp³-hybridized carbons (Fsp3) is 0.167. The molecule has 1 aromatic rings. The maximum absolute atomic E-state index is 11.6. The van der Waals surface area contributed by atoms with Crippen molar-refractivity contribution in [2.45, 2.75) is 0 Å². The summed E-state index contributed by atoms with van der Waals surface area (Å²) in [5.41, 5.74) is 0.178. The third-order valence-electron chi connectivity index (χ3n) is 1.82. The molecule has 1 rings (SSSR count). The lowest BCUT2D eigenvalue weighted by Crippen LogP contribution is -2.28. The molecule has 0 saturated heterocycles. The molecular formula is C12H9Cl2NO3. The highest BCUT2D eigenvalue weighted by atomic mass is 35.5. The minimum Gasteiger partial charge on any atom is -0.452 e. The smallest absolute Gasteiger partial charge is 0.338 e. The van der Waals surface area contributed by atoms with Crippen molar-refractivity contribution in [1.29, 1.82) is 0 Å². The molecule has 1 amide bonds. The summed E-state index contributed by atoms with van der Waals surface area (Å²) in [6.07, 6.45) is 4.96. The predicted octanol–water partition coefficient (Wildman–Crippen LogP) is 1.90. The van der Waals surface area contributed by atoms with Crippen LogP contribution in [0.25, 0.3) is 0 Å². The molecule has 1 aromatic carbocycles. The van der Waals surface area contributed by atoms with Gasteiger partial charge >= 0.3 is 5.97 Å². The maximum Gasteiger partial charge on any atom is 0.338 e. The van der Waals surface area contributed by atoms with E-state index >= 15 is 0 Å². The quantitative estimate of drug-likeness (QED) is 0.679. The normalized spacial score (nSPS) is 9.39. The van der Waals surface area contributed by atoms with E-state index in [0.29, 0.717) is 10.0 Å². The van der Waals surface area contributed by atoms with Crippen molar-refractivity contribution < 1.29 is 14.3 Å². The van der Waals surface area contributed by atoms with E-state index in [-0.39, 0.29) is 12.1 Å². The van der Waals surface area contributed by atoms with Crippen LogP contribution in [0.5, 0.6) is 0 Å². The molecule has 18 heavy (non-hydrogen) atoms. The van der Waals surface area contributed by atoms with Crippen LogP contribution in [-0.4, -0.2) is 25.0 Å². The molecule has 0 spiro atoms. The number of hydrogen-bond donors (Lipinski definition) is 1. The van der Waals surface area contributed by atoms with Crippen molar-refractivity contribution in [2.24, 2.45) is 0 Å². The van der Waals surface area contributed by atoms with Crippen LogP contribution in [0.4, 0.5) is 0 Å². The van der Waals surface area contributed by atoms with E-state index in [4.69, 9.17) is 34.4 Å². The number of hydrogen-bond acceptors (Lipinski definition) is 3. The first-order chi connectivity index (χ1) is 8.52. The number of terminal acetylenes is 1. The Balaban J connectivity index is 2.55. The Labute approximate surface area is 114 Å². The largest absolute Gasteiger partial charge is 0.452 e. The summed E-state index contributed by atoms with van der Waals surface area (Å²) in [5, 5.41) is 2.98. The van der Waals surface area contributed by atoms with E-state index in [1.165, 1.54) is 18.2 Å². The summed E-state index contributed by atoms with van der Waals surface area (Å²) in [5.74, 6) is 1.06. The standard InChI is InChI=1S/C12H9Cl2NO3/c1-2-3-15-11(16)7-18-12(17)8-4-9(13)6-10(14)5-8/h1,4-6H,3,7H2,(H,15,16). The summed E-state index contributed by atoms with van der Waals surface area (Å²) in [6.45, 7) is -0.329. The lowest BCUT2D eigenvalue weighted by molar-refractivity contribution is -0.123. The number of nitrogens with one attached hydrogen (secondary N) is 1. The van der Waals surface area contributed by atoms with E-state index in [9.17, 15) is 9.59 Å². The molecule has 0 aliphatic carbocycles. The van der Waals surface area contributed by atoms with Gasteiger partial charge in [-0.15, -0.1) is 6.42 Å². The maximum atomic E-state index is 11.6. The number of esters is 1. The average Bonchev–Trinajstić information content (AvgIpc) is 2.32. The Morgan fingerprint density at radius 3 is 2.44 bits per heavy atom. The van der Waals surface area contributed by atoms with Gasteiger partial charge in [-0.2, -0.15) is 0 Å². The van der Waals surface area contributed by atoms with Gasteiger partial charge in [0, 0.05) is 10.0 Å². The number of amides is 1. The molecule has 0 aliphatic rings. The first-order valence-corrected chi connectivity index (χ1v) is 5.62. The highest BCUT2D eigenvalue weighted by molar-refractivity contribution is 6.35. The zero-order valence-corrected chi connectivity index (χ0v) is 10.7.